The summed E-state index contributed by atoms with van der Waals surface area (Å²) in [5, 5.41) is 4.96. The van der Waals surface area contributed by atoms with Crippen LogP contribution in [0.4, 0.5) is 0 Å². The fourth-order valence-electron chi connectivity index (χ4n) is 8.23. The Morgan fingerprint density at radius 3 is 1.29 bits per heavy atom. The number of fused-ring (bicyclic) bond motifs is 7. The first-order valence-electron chi connectivity index (χ1n) is 18.9. The molecule has 5 heteroatoms. The van der Waals surface area contributed by atoms with Crippen LogP contribution in [0.2, 0.25) is 0 Å². The summed E-state index contributed by atoms with van der Waals surface area (Å²) in [6, 6.07) is 70.4. The van der Waals surface area contributed by atoms with Gasteiger partial charge < -0.3 is 9.13 Å². The zero-order valence-electron chi connectivity index (χ0n) is 30.3. The van der Waals surface area contributed by atoms with Crippen molar-refractivity contribution in [2.45, 2.75) is 0 Å². The molecule has 0 unspecified atom stereocenters. The van der Waals surface area contributed by atoms with Crippen molar-refractivity contribution in [2.75, 3.05) is 0 Å². The molecule has 0 atom stereocenters. The van der Waals surface area contributed by atoms with Crippen LogP contribution in [-0.4, -0.2) is 24.1 Å². The van der Waals surface area contributed by atoms with Crippen molar-refractivity contribution >= 4 is 43.6 Å². The molecule has 0 aliphatic carbocycles. The SMILES string of the molecule is c1ccc(-c2nc(-c3ccccc3)nc(-c3cccc(-c4ccc5c6c7c8ccccc8n(-c8ccccc8)c7ccc6n(-c6ccccc6)c5c4)c3)n2)cc1. The maximum Gasteiger partial charge on any atom is 0.164 e. The van der Waals surface area contributed by atoms with Gasteiger partial charge in [0.2, 0.25) is 0 Å². The van der Waals surface area contributed by atoms with Crippen LogP contribution in [0.3, 0.4) is 0 Å². The Morgan fingerprint density at radius 2 is 0.696 bits per heavy atom. The second-order valence-electron chi connectivity index (χ2n) is 14.1. The molecule has 0 bridgehead atoms. The summed E-state index contributed by atoms with van der Waals surface area (Å²) in [5.41, 5.74) is 12.0. The molecule has 0 saturated heterocycles. The fourth-order valence-corrected chi connectivity index (χ4v) is 8.23. The predicted octanol–water partition coefficient (Wildman–Crippen LogP) is 12.7. The van der Waals surface area contributed by atoms with E-state index in [0.29, 0.717) is 17.5 Å². The average Bonchev–Trinajstić information content (AvgIpc) is 3.80. The monoisotopic (exact) mass is 715 g/mol. The number of aromatic nitrogens is 5. The van der Waals surface area contributed by atoms with Crippen LogP contribution in [0.5, 0.6) is 0 Å². The molecule has 0 spiro atoms. The summed E-state index contributed by atoms with van der Waals surface area (Å²) in [5.74, 6) is 1.93. The Balaban J connectivity index is 1.13. The summed E-state index contributed by atoms with van der Waals surface area (Å²) in [4.78, 5) is 14.9. The first-order valence-corrected chi connectivity index (χ1v) is 18.9. The molecule has 0 radical (unpaired) electrons. The number of rotatable bonds is 6. The lowest BCUT2D eigenvalue weighted by Crippen LogP contribution is -2.00. The first kappa shape index (κ1) is 31.9. The third-order valence-electron chi connectivity index (χ3n) is 10.7. The van der Waals surface area contributed by atoms with E-state index in [9.17, 15) is 0 Å². The van der Waals surface area contributed by atoms with Crippen molar-refractivity contribution in [3.05, 3.63) is 200 Å². The molecule has 262 valence electrons. The third-order valence-corrected chi connectivity index (χ3v) is 10.7. The summed E-state index contributed by atoms with van der Waals surface area (Å²) < 4.78 is 4.81. The lowest BCUT2D eigenvalue weighted by molar-refractivity contribution is 1.07. The summed E-state index contributed by atoms with van der Waals surface area (Å²) >= 11 is 0. The average molecular weight is 716 g/mol. The highest BCUT2D eigenvalue weighted by Gasteiger charge is 2.21. The molecule has 3 heterocycles. The van der Waals surface area contributed by atoms with Crippen LogP contribution < -0.4 is 0 Å². The normalized spacial score (nSPS) is 11.6. The highest BCUT2D eigenvalue weighted by atomic mass is 15.0. The summed E-state index contributed by atoms with van der Waals surface area (Å²) in [6.07, 6.45) is 0. The smallest absolute Gasteiger partial charge is 0.164 e. The maximum absolute atomic E-state index is 5.02. The lowest BCUT2D eigenvalue weighted by atomic mass is 10.00. The highest BCUT2D eigenvalue weighted by Crippen LogP contribution is 2.43. The van der Waals surface area contributed by atoms with E-state index in [-0.39, 0.29) is 0 Å². The zero-order chi connectivity index (χ0) is 37.0. The van der Waals surface area contributed by atoms with Gasteiger partial charge in [0.15, 0.2) is 17.5 Å². The molecule has 8 aromatic carbocycles. The van der Waals surface area contributed by atoms with E-state index < -0.39 is 0 Å². The van der Waals surface area contributed by atoms with Crippen LogP contribution in [0.15, 0.2) is 200 Å². The Hall–Kier alpha value is -7.63. The van der Waals surface area contributed by atoms with E-state index in [2.05, 4.69) is 149 Å². The lowest BCUT2D eigenvalue weighted by Gasteiger charge is -2.11. The van der Waals surface area contributed by atoms with E-state index in [0.717, 1.165) is 44.7 Å². The number of nitrogens with zero attached hydrogens (tertiary/aromatic N) is 5. The minimum Gasteiger partial charge on any atom is -0.309 e. The fraction of sp³-hybridized carbons (Fsp3) is 0. The summed E-state index contributed by atoms with van der Waals surface area (Å²) in [6.45, 7) is 0. The van der Waals surface area contributed by atoms with Gasteiger partial charge in [0.1, 0.15) is 0 Å². The minimum absolute atomic E-state index is 0.635. The van der Waals surface area contributed by atoms with Gasteiger partial charge in [0, 0.05) is 49.6 Å². The van der Waals surface area contributed by atoms with E-state index in [4.69, 9.17) is 15.0 Å². The molecule has 5 nitrogen and oxygen atoms in total. The molecular weight excluding hydrogens is 683 g/mol. The van der Waals surface area contributed by atoms with Crippen LogP contribution in [0.1, 0.15) is 0 Å². The quantitative estimate of drug-likeness (QED) is 0.172. The number of benzene rings is 8. The van der Waals surface area contributed by atoms with Gasteiger partial charge in [-0.15, -0.1) is 0 Å². The van der Waals surface area contributed by atoms with Crippen LogP contribution >= 0.6 is 0 Å². The Kier molecular flexibility index (Phi) is 7.42. The van der Waals surface area contributed by atoms with Gasteiger partial charge in [0.05, 0.1) is 22.1 Å². The molecule has 0 aliphatic rings. The van der Waals surface area contributed by atoms with Gasteiger partial charge in [-0.25, -0.2) is 15.0 Å². The standard InChI is InChI=1S/C51H33N5/c1-5-16-34(17-6-1)49-52-50(35-18-7-2-8-19-35)54-51(53-49)38-21-15-20-36(32-38)37-28-29-42-46(33-37)56(40-24-11-4-12-25-40)45-31-30-44-47(48(42)45)41-26-13-14-27-43(41)55(44)39-22-9-3-10-23-39/h1-33H. The maximum atomic E-state index is 5.02. The van der Waals surface area contributed by atoms with Gasteiger partial charge in [-0.1, -0.05) is 146 Å². The Labute approximate surface area is 323 Å². The van der Waals surface area contributed by atoms with Crippen LogP contribution in [0, 0.1) is 0 Å². The molecule has 11 rings (SSSR count). The van der Waals surface area contributed by atoms with Gasteiger partial charge in [-0.2, -0.15) is 0 Å². The Bertz CT molecular complexity index is 3160. The molecule has 11 aromatic rings. The largest absolute Gasteiger partial charge is 0.309 e. The molecule has 0 amide bonds. The van der Waals surface area contributed by atoms with Crippen molar-refractivity contribution in [3.63, 3.8) is 0 Å². The highest BCUT2D eigenvalue weighted by molar-refractivity contribution is 6.29. The van der Waals surface area contributed by atoms with Gasteiger partial charge >= 0.3 is 0 Å². The number of hydrogen-bond acceptors (Lipinski definition) is 3. The van der Waals surface area contributed by atoms with E-state index >= 15 is 0 Å². The van der Waals surface area contributed by atoms with Crippen LogP contribution in [0.25, 0.3) is 100 Å². The van der Waals surface area contributed by atoms with Crippen molar-refractivity contribution in [2.24, 2.45) is 0 Å². The second kappa shape index (κ2) is 13.0. The van der Waals surface area contributed by atoms with E-state index in [1.165, 1.54) is 38.1 Å². The molecular formula is C51H33N5. The predicted molar refractivity (Wildman–Crippen MR) is 230 cm³/mol. The zero-order valence-corrected chi connectivity index (χ0v) is 30.3. The van der Waals surface area contributed by atoms with Crippen molar-refractivity contribution in [1.29, 1.82) is 0 Å². The van der Waals surface area contributed by atoms with E-state index in [1.807, 2.05) is 60.7 Å². The van der Waals surface area contributed by atoms with Gasteiger partial charge in [-0.3, -0.25) is 0 Å². The van der Waals surface area contributed by atoms with Gasteiger partial charge in [0.25, 0.3) is 0 Å². The number of para-hydroxylation sites is 3. The van der Waals surface area contributed by atoms with Crippen molar-refractivity contribution in [1.82, 2.24) is 24.1 Å². The van der Waals surface area contributed by atoms with E-state index in [1.54, 1.807) is 0 Å². The second-order valence-corrected chi connectivity index (χ2v) is 14.1. The molecule has 0 fully saturated rings. The van der Waals surface area contributed by atoms with Crippen molar-refractivity contribution < 1.29 is 0 Å². The topological polar surface area (TPSA) is 48.5 Å². The molecule has 0 saturated carbocycles. The number of hydrogen-bond donors (Lipinski definition) is 0. The molecule has 0 aliphatic heterocycles. The minimum atomic E-state index is 0.635. The first-order chi connectivity index (χ1) is 27.8. The molecule has 56 heavy (non-hydrogen) atoms. The van der Waals surface area contributed by atoms with Crippen LogP contribution in [-0.2, 0) is 0 Å². The van der Waals surface area contributed by atoms with Crippen molar-refractivity contribution in [3.8, 4) is 56.7 Å². The Morgan fingerprint density at radius 1 is 0.268 bits per heavy atom. The molecule has 0 N–H and O–H groups in total. The third kappa shape index (κ3) is 5.21. The summed E-state index contributed by atoms with van der Waals surface area (Å²) in [7, 11) is 0. The molecule has 3 aromatic heterocycles. The van der Waals surface area contributed by atoms with Gasteiger partial charge in [-0.05, 0) is 65.7 Å².